The van der Waals surface area contributed by atoms with E-state index in [1.165, 1.54) is 17.3 Å². The Labute approximate surface area is 156 Å². The molecule has 0 fully saturated rings. The predicted molar refractivity (Wildman–Crippen MR) is 102 cm³/mol. The van der Waals surface area contributed by atoms with Crippen LogP contribution in [0.1, 0.15) is 12.5 Å². The molecule has 1 aliphatic heterocycles. The summed E-state index contributed by atoms with van der Waals surface area (Å²) in [7, 11) is 1.91. The lowest BCUT2D eigenvalue weighted by molar-refractivity contribution is -0.116. The number of fused-ring (bicyclic) bond motifs is 1. The number of thioether (sulfide) groups is 1. The number of aromatic nitrogens is 4. The van der Waals surface area contributed by atoms with Gasteiger partial charge in [-0.1, -0.05) is 30.0 Å². The lowest BCUT2D eigenvalue weighted by Gasteiger charge is -2.22. The van der Waals surface area contributed by atoms with E-state index in [9.17, 15) is 4.79 Å². The van der Waals surface area contributed by atoms with Crippen LogP contribution >= 0.6 is 11.8 Å². The van der Waals surface area contributed by atoms with Gasteiger partial charge in [0.1, 0.15) is 0 Å². The fourth-order valence-corrected chi connectivity index (χ4v) is 4.10. The summed E-state index contributed by atoms with van der Waals surface area (Å²) in [5, 5.41) is 9.19. The maximum Gasteiger partial charge on any atom is 0.237 e. The molecule has 1 unspecified atom stereocenters. The first kappa shape index (κ1) is 16.8. The Morgan fingerprint density at radius 1 is 1.23 bits per heavy atom. The minimum Gasteiger partial charge on any atom is -0.308 e. The fraction of sp³-hybridized carbons (Fsp3) is 0.263. The van der Waals surface area contributed by atoms with Crippen LogP contribution in [-0.4, -0.2) is 37.5 Å². The van der Waals surface area contributed by atoms with Gasteiger partial charge in [-0.05, 0) is 37.1 Å². The van der Waals surface area contributed by atoms with Crippen LogP contribution in [0.4, 0.5) is 5.69 Å². The molecule has 1 amide bonds. The van der Waals surface area contributed by atoms with Crippen LogP contribution in [0.25, 0.3) is 11.4 Å². The van der Waals surface area contributed by atoms with Crippen molar-refractivity contribution < 1.29 is 4.79 Å². The Morgan fingerprint density at radius 3 is 2.88 bits per heavy atom. The molecule has 0 radical (unpaired) electrons. The second-order valence-electron chi connectivity index (χ2n) is 6.34. The Bertz CT molecular complexity index is 940. The first-order valence-electron chi connectivity index (χ1n) is 8.47. The van der Waals surface area contributed by atoms with E-state index in [-0.39, 0.29) is 11.9 Å². The molecule has 6 nitrogen and oxygen atoms in total. The van der Waals surface area contributed by atoms with Crippen molar-refractivity contribution in [2.24, 2.45) is 7.05 Å². The third-order valence-corrected chi connectivity index (χ3v) is 5.56. The molecule has 0 N–H and O–H groups in total. The molecule has 26 heavy (non-hydrogen) atoms. The molecule has 0 saturated heterocycles. The van der Waals surface area contributed by atoms with Gasteiger partial charge >= 0.3 is 0 Å². The number of anilines is 1. The van der Waals surface area contributed by atoms with Gasteiger partial charge in [0.2, 0.25) is 5.91 Å². The third kappa shape index (κ3) is 2.99. The van der Waals surface area contributed by atoms with Crippen molar-refractivity contribution in [3.05, 3.63) is 54.4 Å². The van der Waals surface area contributed by atoms with Crippen molar-refractivity contribution in [3.8, 4) is 11.4 Å². The molecule has 7 heteroatoms. The zero-order valence-corrected chi connectivity index (χ0v) is 15.5. The summed E-state index contributed by atoms with van der Waals surface area (Å²) in [6, 6.07) is 12.1. The second kappa shape index (κ2) is 6.92. The van der Waals surface area contributed by atoms with Crippen molar-refractivity contribution in [2.75, 3.05) is 10.7 Å². The molecular weight excluding hydrogens is 346 g/mol. The Morgan fingerprint density at radius 2 is 2.08 bits per heavy atom. The van der Waals surface area contributed by atoms with Gasteiger partial charge < -0.3 is 9.47 Å². The lowest BCUT2D eigenvalue weighted by atomic mass is 10.1. The number of carbonyl (C=O) groups excluding carboxylic acids is 1. The third-order valence-electron chi connectivity index (χ3n) is 4.56. The standard InChI is InChI=1S/C19H19N5OS/c1-13-10-14-6-3-4-8-16(14)24(13)17(25)12-26-19-22-21-18(23(19)2)15-7-5-9-20-11-15/h3-9,11,13H,10,12H2,1-2H3. The molecule has 4 rings (SSSR count). The van der Waals surface area contributed by atoms with E-state index in [2.05, 4.69) is 28.2 Å². The van der Waals surface area contributed by atoms with Crippen LogP contribution in [0.3, 0.4) is 0 Å². The van der Waals surface area contributed by atoms with Gasteiger partial charge in [-0.15, -0.1) is 10.2 Å². The highest BCUT2D eigenvalue weighted by molar-refractivity contribution is 7.99. The van der Waals surface area contributed by atoms with Gasteiger partial charge in [0.15, 0.2) is 11.0 Å². The average Bonchev–Trinajstić information content (AvgIpc) is 3.19. The van der Waals surface area contributed by atoms with Crippen molar-refractivity contribution in [3.63, 3.8) is 0 Å². The number of hydrogen-bond acceptors (Lipinski definition) is 5. The van der Waals surface area contributed by atoms with Gasteiger partial charge in [-0.25, -0.2) is 0 Å². The lowest BCUT2D eigenvalue weighted by Crippen LogP contribution is -2.37. The van der Waals surface area contributed by atoms with E-state index < -0.39 is 0 Å². The van der Waals surface area contributed by atoms with Gasteiger partial charge in [-0.2, -0.15) is 0 Å². The highest BCUT2D eigenvalue weighted by Crippen LogP contribution is 2.33. The summed E-state index contributed by atoms with van der Waals surface area (Å²) in [4.78, 5) is 18.8. The van der Waals surface area contributed by atoms with Crippen LogP contribution in [0.5, 0.6) is 0 Å². The number of para-hydroxylation sites is 1. The molecule has 2 aromatic heterocycles. The zero-order valence-electron chi connectivity index (χ0n) is 14.7. The monoisotopic (exact) mass is 365 g/mol. The van der Waals surface area contributed by atoms with Gasteiger partial charge in [0, 0.05) is 36.7 Å². The van der Waals surface area contributed by atoms with E-state index in [4.69, 9.17) is 0 Å². The highest BCUT2D eigenvalue weighted by Gasteiger charge is 2.30. The van der Waals surface area contributed by atoms with E-state index in [0.717, 1.165) is 28.7 Å². The number of nitrogens with zero attached hydrogens (tertiary/aromatic N) is 5. The van der Waals surface area contributed by atoms with Crippen molar-refractivity contribution >= 4 is 23.4 Å². The summed E-state index contributed by atoms with van der Waals surface area (Å²) in [5.74, 6) is 1.17. The van der Waals surface area contributed by atoms with E-state index in [1.54, 1.807) is 12.4 Å². The second-order valence-corrected chi connectivity index (χ2v) is 7.28. The summed E-state index contributed by atoms with van der Waals surface area (Å²) in [5.41, 5.74) is 3.17. The number of rotatable bonds is 4. The largest absolute Gasteiger partial charge is 0.308 e. The van der Waals surface area contributed by atoms with Crippen LogP contribution in [0.15, 0.2) is 53.9 Å². The molecule has 132 valence electrons. The molecule has 0 bridgehead atoms. The molecule has 3 heterocycles. The van der Waals surface area contributed by atoms with E-state index in [1.807, 2.05) is 46.8 Å². The number of carbonyl (C=O) groups is 1. The summed E-state index contributed by atoms with van der Waals surface area (Å²) < 4.78 is 1.90. The minimum atomic E-state index is 0.0957. The average molecular weight is 365 g/mol. The molecule has 1 aliphatic rings. The van der Waals surface area contributed by atoms with Crippen LogP contribution in [-0.2, 0) is 18.3 Å². The number of benzene rings is 1. The molecule has 1 aromatic carbocycles. The maximum absolute atomic E-state index is 12.8. The molecule has 0 spiro atoms. The number of pyridine rings is 1. The highest BCUT2D eigenvalue weighted by atomic mass is 32.2. The summed E-state index contributed by atoms with van der Waals surface area (Å²) in [6.45, 7) is 2.09. The van der Waals surface area contributed by atoms with Crippen molar-refractivity contribution in [1.29, 1.82) is 0 Å². The number of amides is 1. The normalized spacial score (nSPS) is 15.9. The fourth-order valence-electron chi connectivity index (χ4n) is 3.33. The quantitative estimate of drug-likeness (QED) is 0.665. The molecule has 0 aliphatic carbocycles. The first-order chi connectivity index (χ1) is 12.6. The van der Waals surface area contributed by atoms with Crippen LogP contribution < -0.4 is 4.90 Å². The summed E-state index contributed by atoms with van der Waals surface area (Å²) >= 11 is 1.41. The van der Waals surface area contributed by atoms with E-state index >= 15 is 0 Å². The molecule has 0 saturated carbocycles. The molecule has 3 aromatic rings. The smallest absolute Gasteiger partial charge is 0.237 e. The summed E-state index contributed by atoms with van der Waals surface area (Å²) in [6.07, 6.45) is 4.39. The SMILES string of the molecule is CC1Cc2ccccc2N1C(=O)CSc1nnc(-c2cccnc2)n1C. The first-order valence-corrected chi connectivity index (χ1v) is 9.46. The Balaban J connectivity index is 1.48. The topological polar surface area (TPSA) is 63.9 Å². The van der Waals surface area contributed by atoms with Gasteiger partial charge in [-0.3, -0.25) is 9.78 Å². The maximum atomic E-state index is 12.8. The van der Waals surface area contributed by atoms with E-state index in [0.29, 0.717) is 5.75 Å². The van der Waals surface area contributed by atoms with Gasteiger partial charge in [0.25, 0.3) is 0 Å². The Kier molecular flexibility index (Phi) is 4.46. The van der Waals surface area contributed by atoms with Gasteiger partial charge in [0.05, 0.1) is 5.75 Å². The van der Waals surface area contributed by atoms with Crippen LogP contribution in [0.2, 0.25) is 0 Å². The molecule has 1 atom stereocenters. The molecular formula is C19H19N5OS. The van der Waals surface area contributed by atoms with Crippen molar-refractivity contribution in [2.45, 2.75) is 24.5 Å². The zero-order chi connectivity index (χ0) is 18.1. The van der Waals surface area contributed by atoms with Crippen LogP contribution in [0, 0.1) is 0 Å². The number of hydrogen-bond donors (Lipinski definition) is 0. The predicted octanol–water partition coefficient (Wildman–Crippen LogP) is 2.95. The van der Waals surface area contributed by atoms with Crippen molar-refractivity contribution in [1.82, 2.24) is 19.7 Å². The Hall–Kier alpha value is -2.67. The minimum absolute atomic E-state index is 0.0957.